The van der Waals surface area contributed by atoms with Gasteiger partial charge in [-0.15, -0.1) is 0 Å². The maximum atomic E-state index is 12.1. The van der Waals surface area contributed by atoms with Gasteiger partial charge in [-0.25, -0.2) is 0 Å². The van der Waals surface area contributed by atoms with Gasteiger partial charge in [-0.05, 0) is 42.7 Å². The van der Waals surface area contributed by atoms with E-state index in [4.69, 9.17) is 0 Å². The second kappa shape index (κ2) is 8.93. The van der Waals surface area contributed by atoms with Crippen LogP contribution in [0.5, 0.6) is 0 Å². The summed E-state index contributed by atoms with van der Waals surface area (Å²) in [6.07, 6.45) is 5.96. The highest BCUT2D eigenvalue weighted by atomic mass is 16.1. The lowest BCUT2D eigenvalue weighted by Crippen LogP contribution is -2.25. The fourth-order valence-corrected chi connectivity index (χ4v) is 2.29. The number of benzene rings is 1. The van der Waals surface area contributed by atoms with Crippen molar-refractivity contribution in [2.24, 2.45) is 0 Å². The first-order valence-corrected chi connectivity index (χ1v) is 8.33. The van der Waals surface area contributed by atoms with Gasteiger partial charge < -0.3 is 10.6 Å². The van der Waals surface area contributed by atoms with Gasteiger partial charge in [0.2, 0.25) is 0 Å². The number of aromatic nitrogens is 1. The summed E-state index contributed by atoms with van der Waals surface area (Å²) < 4.78 is 0. The van der Waals surface area contributed by atoms with E-state index in [1.807, 2.05) is 18.2 Å². The molecule has 4 nitrogen and oxygen atoms in total. The molecule has 1 heterocycles. The van der Waals surface area contributed by atoms with Crippen molar-refractivity contribution in [2.45, 2.75) is 39.5 Å². The summed E-state index contributed by atoms with van der Waals surface area (Å²) in [4.78, 5) is 16.2. The zero-order chi connectivity index (χ0) is 16.5. The Morgan fingerprint density at radius 3 is 2.52 bits per heavy atom. The molecule has 4 heteroatoms. The topological polar surface area (TPSA) is 54.0 Å². The number of hydrogen-bond acceptors (Lipinski definition) is 3. The number of nitrogens with one attached hydrogen (secondary N) is 2. The lowest BCUT2D eigenvalue weighted by Gasteiger charge is -2.09. The molecule has 0 unspecified atom stereocenters. The number of nitrogens with zero attached hydrogens (tertiary/aromatic N) is 1. The van der Waals surface area contributed by atoms with E-state index in [2.05, 4.69) is 41.6 Å². The van der Waals surface area contributed by atoms with Gasteiger partial charge in [0.1, 0.15) is 5.69 Å². The normalized spacial score (nSPS) is 10.3. The highest BCUT2D eigenvalue weighted by Gasteiger charge is 2.07. The molecule has 0 saturated carbocycles. The van der Waals surface area contributed by atoms with Crippen LogP contribution in [0, 0.1) is 0 Å². The van der Waals surface area contributed by atoms with Crippen LogP contribution in [0.3, 0.4) is 0 Å². The predicted molar refractivity (Wildman–Crippen MR) is 95.2 cm³/mol. The Bertz CT molecular complexity index is 623. The van der Waals surface area contributed by atoms with Crippen LogP contribution in [0.4, 0.5) is 11.4 Å². The van der Waals surface area contributed by atoms with Crippen molar-refractivity contribution in [3.05, 3.63) is 53.9 Å². The number of carbonyl (C=O) groups is 1. The molecule has 2 rings (SSSR count). The molecule has 1 amide bonds. The van der Waals surface area contributed by atoms with E-state index in [9.17, 15) is 4.79 Å². The minimum atomic E-state index is -0.119. The lowest BCUT2D eigenvalue weighted by molar-refractivity contribution is 0.0948. The largest absolute Gasteiger partial charge is 0.355 e. The SMILES string of the molecule is CCCCCNC(=O)c1cc(Nc2ccc(CC)cc2)ccn1. The van der Waals surface area contributed by atoms with Gasteiger partial charge in [-0.1, -0.05) is 38.8 Å². The van der Waals surface area contributed by atoms with Gasteiger partial charge in [0, 0.05) is 24.1 Å². The third kappa shape index (κ3) is 5.40. The maximum absolute atomic E-state index is 12.1. The van der Waals surface area contributed by atoms with Crippen molar-refractivity contribution in [2.75, 3.05) is 11.9 Å². The Hall–Kier alpha value is -2.36. The minimum absolute atomic E-state index is 0.119. The summed E-state index contributed by atoms with van der Waals surface area (Å²) >= 11 is 0. The number of amides is 1. The fraction of sp³-hybridized carbons (Fsp3) is 0.368. The molecule has 0 radical (unpaired) electrons. The lowest BCUT2D eigenvalue weighted by atomic mass is 10.1. The monoisotopic (exact) mass is 311 g/mol. The maximum Gasteiger partial charge on any atom is 0.269 e. The fourth-order valence-electron chi connectivity index (χ4n) is 2.29. The first-order valence-electron chi connectivity index (χ1n) is 8.33. The van der Waals surface area contributed by atoms with E-state index in [1.165, 1.54) is 5.56 Å². The molecule has 23 heavy (non-hydrogen) atoms. The molecule has 0 aliphatic heterocycles. The van der Waals surface area contributed by atoms with Crippen molar-refractivity contribution in [1.82, 2.24) is 10.3 Å². The van der Waals surface area contributed by atoms with Crippen LogP contribution < -0.4 is 10.6 Å². The molecule has 0 saturated heterocycles. The molecular weight excluding hydrogens is 286 g/mol. The summed E-state index contributed by atoms with van der Waals surface area (Å²) in [6.45, 7) is 4.98. The van der Waals surface area contributed by atoms with E-state index < -0.39 is 0 Å². The molecule has 1 aromatic carbocycles. The van der Waals surface area contributed by atoms with Crippen molar-refractivity contribution in [1.29, 1.82) is 0 Å². The second-order valence-electron chi connectivity index (χ2n) is 5.57. The number of rotatable bonds is 8. The number of hydrogen-bond donors (Lipinski definition) is 2. The van der Waals surface area contributed by atoms with Crippen molar-refractivity contribution in [3.63, 3.8) is 0 Å². The van der Waals surface area contributed by atoms with Crippen molar-refractivity contribution < 1.29 is 4.79 Å². The molecule has 0 aliphatic rings. The molecule has 0 fully saturated rings. The van der Waals surface area contributed by atoms with E-state index in [1.54, 1.807) is 12.3 Å². The molecule has 122 valence electrons. The molecule has 1 aromatic heterocycles. The Balaban J connectivity index is 1.96. The quantitative estimate of drug-likeness (QED) is 0.714. The van der Waals surface area contributed by atoms with Crippen molar-refractivity contribution in [3.8, 4) is 0 Å². The van der Waals surface area contributed by atoms with Gasteiger partial charge >= 0.3 is 0 Å². The first-order chi connectivity index (χ1) is 11.2. The van der Waals surface area contributed by atoms with Crippen LogP contribution in [0.15, 0.2) is 42.6 Å². The highest BCUT2D eigenvalue weighted by molar-refractivity contribution is 5.93. The van der Waals surface area contributed by atoms with E-state index in [-0.39, 0.29) is 5.91 Å². The third-order valence-electron chi connectivity index (χ3n) is 3.71. The van der Waals surface area contributed by atoms with Crippen LogP contribution in [-0.2, 0) is 6.42 Å². The molecule has 0 aliphatic carbocycles. The number of aryl methyl sites for hydroxylation is 1. The van der Waals surface area contributed by atoms with Crippen LogP contribution in [0.2, 0.25) is 0 Å². The highest BCUT2D eigenvalue weighted by Crippen LogP contribution is 2.17. The zero-order valence-corrected chi connectivity index (χ0v) is 13.9. The first kappa shape index (κ1) is 17.0. The number of anilines is 2. The zero-order valence-electron chi connectivity index (χ0n) is 13.9. The molecule has 2 N–H and O–H groups in total. The molecule has 0 spiro atoms. The predicted octanol–water partition coefficient (Wildman–Crippen LogP) is 4.31. The molecule has 0 bridgehead atoms. The van der Waals surface area contributed by atoms with Crippen molar-refractivity contribution >= 4 is 17.3 Å². The van der Waals surface area contributed by atoms with Crippen LogP contribution in [0.1, 0.15) is 49.2 Å². The Kier molecular flexibility index (Phi) is 6.60. The average molecular weight is 311 g/mol. The standard InChI is InChI=1S/C19H25N3O/c1-3-5-6-12-21-19(23)18-14-17(11-13-20-18)22-16-9-7-15(4-2)8-10-16/h7-11,13-14H,3-6,12H2,1-2H3,(H,20,22)(H,21,23). The van der Waals surface area contributed by atoms with Gasteiger partial charge in [0.15, 0.2) is 0 Å². The van der Waals surface area contributed by atoms with Crippen LogP contribution >= 0.6 is 0 Å². The summed E-state index contributed by atoms with van der Waals surface area (Å²) in [5.41, 5.74) is 3.61. The summed E-state index contributed by atoms with van der Waals surface area (Å²) in [7, 11) is 0. The van der Waals surface area contributed by atoms with Crippen LogP contribution in [-0.4, -0.2) is 17.4 Å². The van der Waals surface area contributed by atoms with Crippen LogP contribution in [0.25, 0.3) is 0 Å². The summed E-state index contributed by atoms with van der Waals surface area (Å²) in [5.74, 6) is -0.119. The van der Waals surface area contributed by atoms with E-state index in [0.29, 0.717) is 12.2 Å². The van der Waals surface area contributed by atoms with Gasteiger partial charge in [-0.3, -0.25) is 9.78 Å². The third-order valence-corrected chi connectivity index (χ3v) is 3.71. The summed E-state index contributed by atoms with van der Waals surface area (Å²) in [6, 6.07) is 11.9. The molecule has 0 atom stereocenters. The Labute approximate surface area is 138 Å². The van der Waals surface area contributed by atoms with E-state index >= 15 is 0 Å². The van der Waals surface area contributed by atoms with Gasteiger partial charge in [0.25, 0.3) is 5.91 Å². The number of unbranched alkanes of at least 4 members (excludes halogenated alkanes) is 2. The second-order valence-corrected chi connectivity index (χ2v) is 5.57. The smallest absolute Gasteiger partial charge is 0.269 e. The van der Waals surface area contributed by atoms with Gasteiger partial charge in [-0.2, -0.15) is 0 Å². The average Bonchev–Trinajstić information content (AvgIpc) is 2.59. The minimum Gasteiger partial charge on any atom is -0.355 e. The molecule has 2 aromatic rings. The Morgan fingerprint density at radius 2 is 1.83 bits per heavy atom. The van der Waals surface area contributed by atoms with E-state index in [0.717, 1.165) is 37.1 Å². The molecular formula is C19H25N3O. The number of carbonyl (C=O) groups excluding carboxylic acids is 1. The number of pyridine rings is 1. The summed E-state index contributed by atoms with van der Waals surface area (Å²) in [5, 5.41) is 6.22. The van der Waals surface area contributed by atoms with Gasteiger partial charge in [0.05, 0.1) is 0 Å². The Morgan fingerprint density at radius 1 is 1.04 bits per heavy atom.